The molecule has 0 spiro atoms. The predicted octanol–water partition coefficient (Wildman–Crippen LogP) is 4.44. The SMILES string of the molecule is COc1cccc(C(=O)N(Cc2ccc(-c3cccc(Cl)c3)o2)C2CCS(=O)(=O)C2)c1. The second-order valence-electron chi connectivity index (χ2n) is 7.50. The second kappa shape index (κ2) is 8.77. The van der Waals surface area contributed by atoms with E-state index in [1.807, 2.05) is 18.2 Å². The van der Waals surface area contributed by atoms with Gasteiger partial charge < -0.3 is 14.1 Å². The van der Waals surface area contributed by atoms with E-state index in [0.717, 1.165) is 5.56 Å². The number of sulfone groups is 1. The van der Waals surface area contributed by atoms with E-state index in [2.05, 4.69) is 0 Å². The number of benzene rings is 2. The number of halogens is 1. The molecule has 0 saturated carbocycles. The fourth-order valence-electron chi connectivity index (χ4n) is 3.74. The molecule has 1 aliphatic heterocycles. The van der Waals surface area contributed by atoms with Crippen molar-refractivity contribution < 1.29 is 22.4 Å². The Morgan fingerprint density at radius 1 is 1.16 bits per heavy atom. The third kappa shape index (κ3) is 4.94. The summed E-state index contributed by atoms with van der Waals surface area (Å²) in [7, 11) is -1.63. The Hall–Kier alpha value is -2.77. The van der Waals surface area contributed by atoms with Gasteiger partial charge in [-0.15, -0.1) is 0 Å². The summed E-state index contributed by atoms with van der Waals surface area (Å²) in [6, 6.07) is 17.3. The Kier molecular flexibility index (Phi) is 6.07. The van der Waals surface area contributed by atoms with E-state index in [1.165, 1.54) is 7.11 Å². The van der Waals surface area contributed by atoms with E-state index >= 15 is 0 Å². The third-order valence-electron chi connectivity index (χ3n) is 5.32. The average molecular weight is 460 g/mol. The number of amides is 1. The quantitative estimate of drug-likeness (QED) is 0.544. The van der Waals surface area contributed by atoms with Crippen molar-refractivity contribution in [3.8, 4) is 17.1 Å². The molecule has 0 N–H and O–H groups in total. The minimum atomic E-state index is -3.17. The molecule has 3 aromatic rings. The van der Waals surface area contributed by atoms with Crippen LogP contribution in [0.3, 0.4) is 0 Å². The first-order valence-electron chi connectivity index (χ1n) is 9.85. The zero-order chi connectivity index (χ0) is 22.0. The summed E-state index contributed by atoms with van der Waals surface area (Å²) in [6.45, 7) is 0.163. The number of nitrogens with zero attached hydrogens (tertiary/aromatic N) is 1. The largest absolute Gasteiger partial charge is 0.497 e. The lowest BCUT2D eigenvalue weighted by atomic mass is 10.1. The molecule has 6 nitrogen and oxygen atoms in total. The number of furan rings is 1. The maximum atomic E-state index is 13.4. The van der Waals surface area contributed by atoms with Gasteiger partial charge in [-0.2, -0.15) is 0 Å². The molecule has 1 aromatic heterocycles. The molecule has 1 fully saturated rings. The fourth-order valence-corrected chi connectivity index (χ4v) is 5.66. The first-order chi connectivity index (χ1) is 14.8. The average Bonchev–Trinajstić information content (AvgIpc) is 3.37. The Morgan fingerprint density at radius 2 is 1.97 bits per heavy atom. The summed E-state index contributed by atoms with van der Waals surface area (Å²) >= 11 is 6.07. The maximum Gasteiger partial charge on any atom is 0.254 e. The summed E-state index contributed by atoms with van der Waals surface area (Å²) in [4.78, 5) is 14.9. The highest BCUT2D eigenvalue weighted by atomic mass is 35.5. The molecular weight excluding hydrogens is 438 g/mol. The van der Waals surface area contributed by atoms with Crippen LogP contribution in [-0.2, 0) is 16.4 Å². The van der Waals surface area contributed by atoms with Crippen LogP contribution in [0.15, 0.2) is 65.1 Å². The van der Waals surface area contributed by atoms with Crippen molar-refractivity contribution in [2.75, 3.05) is 18.6 Å². The van der Waals surface area contributed by atoms with Gasteiger partial charge in [0.25, 0.3) is 5.91 Å². The molecule has 1 atom stereocenters. The van der Waals surface area contributed by atoms with Crippen LogP contribution in [-0.4, -0.2) is 43.9 Å². The maximum absolute atomic E-state index is 13.4. The Morgan fingerprint density at radius 3 is 2.68 bits per heavy atom. The number of hydrogen-bond donors (Lipinski definition) is 0. The molecule has 0 aliphatic carbocycles. The van der Waals surface area contributed by atoms with E-state index in [9.17, 15) is 13.2 Å². The monoisotopic (exact) mass is 459 g/mol. The van der Waals surface area contributed by atoms with Crippen LogP contribution in [0, 0.1) is 0 Å². The summed E-state index contributed by atoms with van der Waals surface area (Å²) < 4.78 is 35.4. The van der Waals surface area contributed by atoms with E-state index in [4.69, 9.17) is 20.8 Å². The lowest BCUT2D eigenvalue weighted by Crippen LogP contribution is -2.40. The Bertz CT molecular complexity index is 1200. The topological polar surface area (TPSA) is 76.8 Å². The number of carbonyl (C=O) groups is 1. The first-order valence-corrected chi connectivity index (χ1v) is 12.0. The van der Waals surface area contributed by atoms with Crippen molar-refractivity contribution >= 4 is 27.3 Å². The molecule has 0 bridgehead atoms. The van der Waals surface area contributed by atoms with Crippen LogP contribution >= 0.6 is 11.6 Å². The standard InChI is InChI=1S/C23H22ClNO5S/c1-29-20-7-3-5-17(13-20)23(26)25(19-10-11-31(27,28)15-19)14-21-8-9-22(30-21)16-4-2-6-18(24)12-16/h2-9,12-13,19H,10-11,14-15H2,1H3. The van der Waals surface area contributed by atoms with Gasteiger partial charge in [0.15, 0.2) is 9.84 Å². The van der Waals surface area contributed by atoms with Gasteiger partial charge in [-0.3, -0.25) is 4.79 Å². The predicted molar refractivity (Wildman–Crippen MR) is 119 cm³/mol. The summed E-state index contributed by atoms with van der Waals surface area (Å²) in [5.74, 6) is 1.52. The van der Waals surface area contributed by atoms with Gasteiger partial charge in [-0.05, 0) is 48.9 Å². The molecule has 1 aliphatic rings. The number of ether oxygens (including phenoxy) is 1. The van der Waals surface area contributed by atoms with Crippen molar-refractivity contribution in [3.63, 3.8) is 0 Å². The molecule has 1 amide bonds. The molecular formula is C23H22ClNO5S. The highest BCUT2D eigenvalue weighted by Gasteiger charge is 2.35. The van der Waals surface area contributed by atoms with Crippen molar-refractivity contribution in [1.29, 1.82) is 0 Å². The van der Waals surface area contributed by atoms with Crippen LogP contribution in [0.5, 0.6) is 5.75 Å². The molecule has 0 radical (unpaired) electrons. The number of hydrogen-bond acceptors (Lipinski definition) is 5. The number of methoxy groups -OCH3 is 1. The van der Waals surface area contributed by atoms with Crippen LogP contribution in [0.4, 0.5) is 0 Å². The summed E-state index contributed by atoms with van der Waals surface area (Å²) in [5.41, 5.74) is 1.26. The molecule has 2 aromatic carbocycles. The van der Waals surface area contributed by atoms with Gasteiger partial charge in [0.1, 0.15) is 17.3 Å². The lowest BCUT2D eigenvalue weighted by Gasteiger charge is -2.27. The van der Waals surface area contributed by atoms with Crippen molar-refractivity contribution in [2.45, 2.75) is 19.0 Å². The lowest BCUT2D eigenvalue weighted by molar-refractivity contribution is 0.0666. The van der Waals surface area contributed by atoms with E-state index in [0.29, 0.717) is 34.3 Å². The van der Waals surface area contributed by atoms with Crippen LogP contribution < -0.4 is 4.74 Å². The summed E-state index contributed by atoms with van der Waals surface area (Å²) in [6.07, 6.45) is 0.403. The smallest absolute Gasteiger partial charge is 0.254 e. The van der Waals surface area contributed by atoms with Gasteiger partial charge in [0.2, 0.25) is 0 Å². The van der Waals surface area contributed by atoms with Crippen molar-refractivity contribution in [2.24, 2.45) is 0 Å². The zero-order valence-electron chi connectivity index (χ0n) is 17.0. The highest BCUT2D eigenvalue weighted by molar-refractivity contribution is 7.91. The molecule has 1 saturated heterocycles. The normalized spacial score (nSPS) is 17.4. The van der Waals surface area contributed by atoms with Gasteiger partial charge in [-0.1, -0.05) is 29.8 Å². The first kappa shape index (κ1) is 21.5. The highest BCUT2D eigenvalue weighted by Crippen LogP contribution is 2.28. The number of carbonyl (C=O) groups excluding carboxylic acids is 1. The van der Waals surface area contributed by atoms with Gasteiger partial charge in [0, 0.05) is 22.2 Å². The second-order valence-corrected chi connectivity index (χ2v) is 10.2. The number of rotatable bonds is 6. The van der Waals surface area contributed by atoms with Crippen LogP contribution in [0.25, 0.3) is 11.3 Å². The van der Waals surface area contributed by atoms with Gasteiger partial charge in [-0.25, -0.2) is 8.42 Å². The zero-order valence-corrected chi connectivity index (χ0v) is 18.5. The molecule has 2 heterocycles. The third-order valence-corrected chi connectivity index (χ3v) is 7.31. The molecule has 162 valence electrons. The molecule has 8 heteroatoms. The van der Waals surface area contributed by atoms with Crippen LogP contribution in [0.2, 0.25) is 5.02 Å². The van der Waals surface area contributed by atoms with E-state index in [-0.39, 0.29) is 24.0 Å². The van der Waals surface area contributed by atoms with Crippen LogP contribution in [0.1, 0.15) is 22.5 Å². The van der Waals surface area contributed by atoms with Gasteiger partial charge in [0.05, 0.1) is 25.2 Å². The minimum Gasteiger partial charge on any atom is -0.497 e. The van der Waals surface area contributed by atoms with Crippen molar-refractivity contribution in [3.05, 3.63) is 77.0 Å². The van der Waals surface area contributed by atoms with Gasteiger partial charge >= 0.3 is 0 Å². The Balaban J connectivity index is 1.63. The summed E-state index contributed by atoms with van der Waals surface area (Å²) in [5, 5.41) is 0.599. The van der Waals surface area contributed by atoms with E-state index < -0.39 is 15.9 Å². The molecule has 31 heavy (non-hydrogen) atoms. The minimum absolute atomic E-state index is 0.0510. The fraction of sp³-hybridized carbons (Fsp3) is 0.261. The molecule has 4 rings (SSSR count). The van der Waals surface area contributed by atoms with Crippen molar-refractivity contribution in [1.82, 2.24) is 4.90 Å². The molecule has 1 unspecified atom stereocenters. The Labute approximate surface area is 186 Å². The van der Waals surface area contributed by atoms with E-state index in [1.54, 1.807) is 47.4 Å².